The third-order valence-electron chi connectivity index (χ3n) is 4.32. The van der Waals surface area contributed by atoms with Gasteiger partial charge in [-0.2, -0.15) is 0 Å². The van der Waals surface area contributed by atoms with Gasteiger partial charge >= 0.3 is 0 Å². The Balaban J connectivity index is 1.66. The second-order valence-electron chi connectivity index (χ2n) is 5.97. The van der Waals surface area contributed by atoms with Crippen LogP contribution in [0.2, 0.25) is 0 Å². The van der Waals surface area contributed by atoms with E-state index in [2.05, 4.69) is 61.6 Å². The van der Waals surface area contributed by atoms with Gasteiger partial charge in [-0.25, -0.2) is 0 Å². The van der Waals surface area contributed by atoms with Crippen molar-refractivity contribution in [2.24, 2.45) is 0 Å². The smallest absolute Gasteiger partial charge is 0.0295 e. The molecular weight excluding hydrogens is 242 g/mol. The fourth-order valence-electron chi connectivity index (χ4n) is 3.07. The maximum atomic E-state index is 3.63. The molecule has 1 atom stereocenters. The molecule has 1 N–H and O–H groups in total. The van der Waals surface area contributed by atoms with Crippen LogP contribution in [0.3, 0.4) is 0 Å². The molecule has 0 fully saturated rings. The van der Waals surface area contributed by atoms with Crippen LogP contribution in [-0.4, -0.2) is 0 Å². The lowest BCUT2D eigenvalue weighted by molar-refractivity contribution is 0.574. The molecule has 0 bridgehead atoms. The van der Waals surface area contributed by atoms with Crippen molar-refractivity contribution in [3.63, 3.8) is 0 Å². The highest BCUT2D eigenvalue weighted by Gasteiger charge is 2.13. The Kier molecular flexibility index (Phi) is 3.88. The Bertz CT molecular complexity index is 600. The first-order valence-electron chi connectivity index (χ1n) is 7.63. The summed E-state index contributed by atoms with van der Waals surface area (Å²) >= 11 is 0. The minimum Gasteiger partial charge on any atom is -0.306 e. The average molecular weight is 265 g/mol. The highest BCUT2D eigenvalue weighted by Crippen LogP contribution is 2.25. The van der Waals surface area contributed by atoms with Crippen LogP contribution >= 0.6 is 0 Å². The second-order valence-corrected chi connectivity index (χ2v) is 5.97. The molecule has 0 saturated carbocycles. The molecule has 0 aliphatic heterocycles. The largest absolute Gasteiger partial charge is 0.306 e. The monoisotopic (exact) mass is 265 g/mol. The van der Waals surface area contributed by atoms with Crippen LogP contribution in [0.5, 0.6) is 0 Å². The predicted octanol–water partition coefficient (Wildman–Crippen LogP) is 4.33. The number of nitrogens with one attached hydrogen (secondary N) is 1. The maximum Gasteiger partial charge on any atom is 0.0295 e. The van der Waals surface area contributed by atoms with E-state index in [-0.39, 0.29) is 0 Å². The van der Waals surface area contributed by atoms with Gasteiger partial charge in [0.2, 0.25) is 0 Å². The summed E-state index contributed by atoms with van der Waals surface area (Å²) in [6, 6.07) is 16.1. The lowest BCUT2D eigenvalue weighted by Gasteiger charge is -2.16. The molecule has 0 saturated heterocycles. The van der Waals surface area contributed by atoms with Crippen molar-refractivity contribution in [1.29, 1.82) is 0 Å². The number of rotatable bonds is 4. The Morgan fingerprint density at radius 3 is 2.75 bits per heavy atom. The summed E-state index contributed by atoms with van der Waals surface area (Å²) in [4.78, 5) is 0. The van der Waals surface area contributed by atoms with Gasteiger partial charge in [-0.05, 0) is 55.4 Å². The van der Waals surface area contributed by atoms with Gasteiger partial charge in [0.15, 0.2) is 0 Å². The third kappa shape index (κ3) is 2.94. The molecule has 0 heterocycles. The zero-order valence-corrected chi connectivity index (χ0v) is 12.4. The van der Waals surface area contributed by atoms with Crippen molar-refractivity contribution in [1.82, 2.24) is 5.32 Å². The van der Waals surface area contributed by atoms with Gasteiger partial charge in [0.05, 0.1) is 0 Å². The fraction of sp³-hybridized carbons (Fsp3) is 0.368. The van der Waals surface area contributed by atoms with E-state index in [9.17, 15) is 0 Å². The molecule has 104 valence electrons. The molecule has 1 aliphatic rings. The van der Waals surface area contributed by atoms with Gasteiger partial charge in [-0.1, -0.05) is 48.0 Å². The van der Waals surface area contributed by atoms with Crippen molar-refractivity contribution >= 4 is 0 Å². The van der Waals surface area contributed by atoms with E-state index >= 15 is 0 Å². The molecule has 20 heavy (non-hydrogen) atoms. The van der Waals surface area contributed by atoms with E-state index in [0.717, 1.165) is 6.54 Å². The van der Waals surface area contributed by atoms with Gasteiger partial charge < -0.3 is 5.32 Å². The van der Waals surface area contributed by atoms with Gasteiger partial charge in [0, 0.05) is 12.6 Å². The highest BCUT2D eigenvalue weighted by atomic mass is 14.9. The van der Waals surface area contributed by atoms with Crippen LogP contribution in [0, 0.1) is 6.92 Å². The lowest BCUT2D eigenvalue weighted by Crippen LogP contribution is -2.18. The molecule has 2 aromatic rings. The molecule has 0 spiro atoms. The zero-order chi connectivity index (χ0) is 13.9. The zero-order valence-electron chi connectivity index (χ0n) is 12.4. The molecule has 1 aliphatic carbocycles. The van der Waals surface area contributed by atoms with Crippen molar-refractivity contribution < 1.29 is 0 Å². The van der Waals surface area contributed by atoms with Crippen molar-refractivity contribution in [3.8, 4) is 0 Å². The van der Waals surface area contributed by atoms with Crippen molar-refractivity contribution in [2.75, 3.05) is 0 Å². The molecule has 0 radical (unpaired) electrons. The van der Waals surface area contributed by atoms with E-state index in [4.69, 9.17) is 0 Å². The van der Waals surface area contributed by atoms with Crippen LogP contribution < -0.4 is 5.32 Å². The first kappa shape index (κ1) is 13.4. The van der Waals surface area contributed by atoms with Gasteiger partial charge in [0.1, 0.15) is 0 Å². The standard InChI is InChI=1S/C19H23N/c1-14-5-3-6-16(11-14)13-20-15(2)18-10-9-17-7-4-8-19(17)12-18/h3,5-6,9-12,15,20H,4,7-8,13H2,1-2H3. The van der Waals surface area contributed by atoms with Gasteiger partial charge in [-0.15, -0.1) is 0 Å². The number of hydrogen-bond donors (Lipinski definition) is 1. The SMILES string of the molecule is Cc1cccc(CNC(C)c2ccc3c(c2)CCC3)c1. The Morgan fingerprint density at radius 2 is 1.90 bits per heavy atom. The van der Waals surface area contributed by atoms with Crippen LogP contribution in [0.4, 0.5) is 0 Å². The van der Waals surface area contributed by atoms with Crippen LogP contribution in [0.15, 0.2) is 42.5 Å². The molecule has 0 aromatic heterocycles. The molecule has 1 heteroatoms. The predicted molar refractivity (Wildman–Crippen MR) is 84.9 cm³/mol. The normalized spacial score (nSPS) is 15.1. The summed E-state index contributed by atoms with van der Waals surface area (Å²) in [5, 5.41) is 3.63. The number of hydrogen-bond acceptors (Lipinski definition) is 1. The van der Waals surface area contributed by atoms with E-state index in [1.54, 1.807) is 11.1 Å². The van der Waals surface area contributed by atoms with E-state index in [1.807, 2.05) is 0 Å². The average Bonchev–Trinajstić information content (AvgIpc) is 2.92. The summed E-state index contributed by atoms with van der Waals surface area (Å²) in [6.07, 6.45) is 3.85. The van der Waals surface area contributed by atoms with E-state index in [1.165, 1.54) is 36.0 Å². The van der Waals surface area contributed by atoms with Gasteiger partial charge in [0.25, 0.3) is 0 Å². The quantitative estimate of drug-likeness (QED) is 0.867. The molecule has 1 unspecified atom stereocenters. The number of aryl methyl sites for hydroxylation is 3. The summed E-state index contributed by atoms with van der Waals surface area (Å²) in [6.45, 7) is 5.33. The van der Waals surface area contributed by atoms with Crippen molar-refractivity contribution in [2.45, 2.75) is 45.7 Å². The second kappa shape index (κ2) is 5.80. The maximum absolute atomic E-state index is 3.63. The highest BCUT2D eigenvalue weighted by molar-refractivity contribution is 5.36. The summed E-state index contributed by atoms with van der Waals surface area (Å²) < 4.78 is 0. The first-order valence-corrected chi connectivity index (χ1v) is 7.63. The summed E-state index contributed by atoms with van der Waals surface area (Å²) in [5.74, 6) is 0. The van der Waals surface area contributed by atoms with E-state index < -0.39 is 0 Å². The minimum atomic E-state index is 0.404. The Labute approximate surface area is 122 Å². The molecule has 2 aromatic carbocycles. The number of benzene rings is 2. The summed E-state index contributed by atoms with van der Waals surface area (Å²) in [7, 11) is 0. The molecular formula is C19H23N. The molecule has 3 rings (SSSR count). The van der Waals surface area contributed by atoms with Crippen LogP contribution in [-0.2, 0) is 19.4 Å². The molecule has 1 nitrogen and oxygen atoms in total. The summed E-state index contributed by atoms with van der Waals surface area (Å²) in [5.41, 5.74) is 7.22. The van der Waals surface area contributed by atoms with Crippen LogP contribution in [0.25, 0.3) is 0 Å². The Hall–Kier alpha value is -1.60. The van der Waals surface area contributed by atoms with Crippen LogP contribution in [0.1, 0.15) is 47.2 Å². The first-order chi connectivity index (χ1) is 9.72. The minimum absolute atomic E-state index is 0.404. The topological polar surface area (TPSA) is 12.0 Å². The van der Waals surface area contributed by atoms with Gasteiger partial charge in [-0.3, -0.25) is 0 Å². The molecule has 0 amide bonds. The van der Waals surface area contributed by atoms with Crippen molar-refractivity contribution in [3.05, 3.63) is 70.3 Å². The lowest BCUT2D eigenvalue weighted by atomic mass is 10.0. The fourth-order valence-corrected chi connectivity index (χ4v) is 3.07. The third-order valence-corrected chi connectivity index (χ3v) is 4.32. The number of fused-ring (bicyclic) bond motifs is 1. The van der Waals surface area contributed by atoms with E-state index in [0.29, 0.717) is 6.04 Å². The Morgan fingerprint density at radius 1 is 1.05 bits per heavy atom.